The van der Waals surface area contributed by atoms with Gasteiger partial charge in [0.1, 0.15) is 17.3 Å². The average Bonchev–Trinajstić information content (AvgIpc) is 3.25. The summed E-state index contributed by atoms with van der Waals surface area (Å²) >= 11 is 0. The lowest BCUT2D eigenvalue weighted by atomic mass is 9.88. The summed E-state index contributed by atoms with van der Waals surface area (Å²) in [6.07, 6.45) is 3.84. The summed E-state index contributed by atoms with van der Waals surface area (Å²) in [6.45, 7) is 7.57. The quantitative estimate of drug-likeness (QED) is 0.582. The lowest BCUT2D eigenvalue weighted by molar-refractivity contribution is -0.118. The Hall–Kier alpha value is -3.27. The molecule has 1 aliphatic rings. The van der Waals surface area contributed by atoms with Crippen LogP contribution in [0.2, 0.25) is 0 Å². The molecular weight excluding hydrogens is 447 g/mol. The molecule has 2 aromatic heterocycles. The fourth-order valence-corrected chi connectivity index (χ4v) is 4.70. The molecule has 1 aliphatic heterocycles. The Kier molecular flexibility index (Phi) is 5.73. The predicted octanol–water partition coefficient (Wildman–Crippen LogP) is 3.38. The zero-order chi connectivity index (χ0) is 24.0. The zero-order valence-corrected chi connectivity index (χ0v) is 19.6. The second-order valence-corrected chi connectivity index (χ2v) is 10.7. The molecule has 0 radical (unpaired) electrons. The molecule has 0 atom stereocenters. The molecule has 0 saturated heterocycles. The van der Waals surface area contributed by atoms with Crippen LogP contribution in [0.15, 0.2) is 47.8 Å². The van der Waals surface area contributed by atoms with Crippen molar-refractivity contribution in [3.05, 3.63) is 59.8 Å². The Morgan fingerprint density at radius 3 is 2.73 bits per heavy atom. The monoisotopic (exact) mass is 472 g/mol. The number of sulfonamides is 1. The zero-order valence-electron chi connectivity index (χ0n) is 18.8. The molecule has 0 saturated carbocycles. The van der Waals surface area contributed by atoms with E-state index in [1.807, 2.05) is 27.7 Å². The molecule has 1 amide bonds. The maximum Gasteiger partial charge on any atom is 0.267 e. The molecule has 1 N–H and O–H groups in total. The molecule has 3 aromatic rings. The Morgan fingerprint density at radius 1 is 1.24 bits per heavy atom. The maximum atomic E-state index is 14.6. The third-order valence-electron chi connectivity index (χ3n) is 5.57. The third-order valence-corrected chi connectivity index (χ3v) is 6.89. The van der Waals surface area contributed by atoms with Gasteiger partial charge in [-0.25, -0.2) is 22.5 Å². The van der Waals surface area contributed by atoms with Crippen LogP contribution in [-0.4, -0.2) is 35.7 Å². The average molecular weight is 473 g/mol. The molecule has 1 aromatic carbocycles. The molecule has 0 spiro atoms. The number of carbonyl (C=O) groups excluding carboxylic acids is 1. The number of aromatic nitrogens is 3. The van der Waals surface area contributed by atoms with Crippen molar-refractivity contribution in [2.45, 2.75) is 50.5 Å². The van der Waals surface area contributed by atoms with Crippen molar-refractivity contribution in [2.24, 2.45) is 0 Å². The molecule has 4 rings (SSSR count). The van der Waals surface area contributed by atoms with Crippen molar-refractivity contribution in [1.29, 1.82) is 0 Å². The van der Waals surface area contributed by atoms with Gasteiger partial charge in [0, 0.05) is 18.5 Å². The first-order valence-corrected chi connectivity index (χ1v) is 12.0. The van der Waals surface area contributed by atoms with Gasteiger partial charge in [-0.2, -0.15) is 5.10 Å². The van der Waals surface area contributed by atoms with Crippen molar-refractivity contribution < 1.29 is 22.3 Å². The first-order valence-electron chi connectivity index (χ1n) is 10.5. The number of hydrogen-bond donors (Lipinski definition) is 1. The number of benzene rings is 1. The van der Waals surface area contributed by atoms with Crippen molar-refractivity contribution in [2.75, 3.05) is 6.61 Å². The molecule has 0 fully saturated rings. The Balaban J connectivity index is 1.91. The van der Waals surface area contributed by atoms with E-state index in [0.717, 1.165) is 0 Å². The first-order chi connectivity index (χ1) is 15.5. The van der Waals surface area contributed by atoms with Gasteiger partial charge in [0.05, 0.1) is 18.2 Å². The SMILES string of the molecule is CC(C)c1cc(F)cc2c1CC(=O)NS(=O)(=O)c1cnn(c1)C(C)(C)COc1cc-2ccn1. The lowest BCUT2D eigenvalue weighted by Gasteiger charge is -2.25. The summed E-state index contributed by atoms with van der Waals surface area (Å²) < 4.78 is 49.7. The molecule has 33 heavy (non-hydrogen) atoms. The number of ether oxygens (including phenoxy) is 1. The third kappa shape index (κ3) is 4.61. The standard InChI is InChI=1S/C23H25FN4O4S/c1-14(2)18-8-16(24)9-19-15-5-6-25-22(7-15)32-13-23(3,4)28-12-17(11-26-28)33(30,31)27-21(29)10-20(18)19/h5-9,11-12,14H,10,13H2,1-4H3,(H,27,29). The van der Waals surface area contributed by atoms with E-state index in [4.69, 9.17) is 4.74 Å². The van der Waals surface area contributed by atoms with Crippen LogP contribution in [0.1, 0.15) is 44.7 Å². The van der Waals surface area contributed by atoms with Crippen molar-refractivity contribution >= 4 is 15.9 Å². The van der Waals surface area contributed by atoms with E-state index < -0.39 is 27.3 Å². The minimum Gasteiger partial charge on any atom is -0.475 e. The highest BCUT2D eigenvalue weighted by atomic mass is 32.2. The summed E-state index contributed by atoms with van der Waals surface area (Å²) in [5.74, 6) is -0.953. The van der Waals surface area contributed by atoms with Gasteiger partial charge in [-0.15, -0.1) is 0 Å². The number of amides is 1. The molecule has 174 valence electrons. The number of rotatable bonds is 1. The number of pyridine rings is 1. The number of fused-ring (bicyclic) bond motifs is 6. The second-order valence-electron chi connectivity index (χ2n) is 8.99. The maximum absolute atomic E-state index is 14.6. The largest absolute Gasteiger partial charge is 0.475 e. The van der Waals surface area contributed by atoms with Gasteiger partial charge >= 0.3 is 0 Å². The summed E-state index contributed by atoms with van der Waals surface area (Å²) in [6, 6.07) is 6.10. The van der Waals surface area contributed by atoms with Crippen LogP contribution < -0.4 is 9.46 Å². The van der Waals surface area contributed by atoms with Crippen molar-refractivity contribution in [3.8, 4) is 17.0 Å². The number of nitrogens with zero attached hydrogens (tertiary/aromatic N) is 3. The van der Waals surface area contributed by atoms with Gasteiger partial charge in [-0.1, -0.05) is 13.8 Å². The highest BCUT2D eigenvalue weighted by molar-refractivity contribution is 7.90. The smallest absolute Gasteiger partial charge is 0.267 e. The van der Waals surface area contributed by atoms with Crippen LogP contribution >= 0.6 is 0 Å². The molecule has 8 nitrogen and oxygen atoms in total. The molecule has 3 heterocycles. The summed E-state index contributed by atoms with van der Waals surface area (Å²) in [4.78, 5) is 17.0. The first kappa shape index (κ1) is 22.9. The molecule has 4 bridgehead atoms. The van der Waals surface area contributed by atoms with Crippen LogP contribution in [0.3, 0.4) is 0 Å². The fraction of sp³-hybridized carbons (Fsp3) is 0.348. The summed E-state index contributed by atoms with van der Waals surface area (Å²) in [5, 5.41) is 4.16. The summed E-state index contributed by atoms with van der Waals surface area (Å²) in [7, 11) is -4.15. The van der Waals surface area contributed by atoms with Crippen LogP contribution in [0.5, 0.6) is 5.88 Å². The van der Waals surface area contributed by atoms with E-state index in [2.05, 4.69) is 14.8 Å². The van der Waals surface area contributed by atoms with Crippen LogP contribution in [0, 0.1) is 5.82 Å². The molecule has 10 heteroatoms. The minimum atomic E-state index is -4.15. The van der Waals surface area contributed by atoms with E-state index in [-0.39, 0.29) is 23.8 Å². The van der Waals surface area contributed by atoms with E-state index >= 15 is 0 Å². The van der Waals surface area contributed by atoms with E-state index in [9.17, 15) is 17.6 Å². The van der Waals surface area contributed by atoms with Crippen molar-refractivity contribution in [1.82, 2.24) is 19.5 Å². The highest BCUT2D eigenvalue weighted by Crippen LogP contribution is 2.33. The van der Waals surface area contributed by atoms with Crippen LogP contribution in [0.4, 0.5) is 4.39 Å². The Labute approximate surface area is 191 Å². The van der Waals surface area contributed by atoms with Crippen molar-refractivity contribution in [3.63, 3.8) is 0 Å². The topological polar surface area (TPSA) is 103 Å². The molecule has 0 unspecified atom stereocenters. The van der Waals surface area contributed by atoms with Gasteiger partial charge in [-0.05, 0) is 60.2 Å². The second kappa shape index (κ2) is 8.26. The van der Waals surface area contributed by atoms with Crippen LogP contribution in [0.25, 0.3) is 11.1 Å². The van der Waals surface area contributed by atoms with Crippen LogP contribution in [-0.2, 0) is 26.8 Å². The Morgan fingerprint density at radius 2 is 2.00 bits per heavy atom. The van der Waals surface area contributed by atoms with Gasteiger partial charge in [0.25, 0.3) is 10.0 Å². The van der Waals surface area contributed by atoms with Gasteiger partial charge < -0.3 is 4.74 Å². The molecular formula is C23H25FN4O4S. The van der Waals surface area contributed by atoms with Gasteiger partial charge in [0.15, 0.2) is 0 Å². The number of nitrogens with one attached hydrogen (secondary N) is 1. The number of halogens is 1. The normalized spacial score (nSPS) is 17.3. The van der Waals surface area contributed by atoms with E-state index in [0.29, 0.717) is 28.1 Å². The Bertz CT molecular complexity index is 1330. The van der Waals surface area contributed by atoms with E-state index in [1.165, 1.54) is 29.2 Å². The number of carbonyl (C=O) groups is 1. The molecule has 0 aliphatic carbocycles. The van der Waals surface area contributed by atoms with Gasteiger partial charge in [-0.3, -0.25) is 9.48 Å². The number of hydrogen-bond acceptors (Lipinski definition) is 6. The fourth-order valence-electron chi connectivity index (χ4n) is 3.78. The summed E-state index contributed by atoms with van der Waals surface area (Å²) in [5.41, 5.74) is 1.54. The van der Waals surface area contributed by atoms with E-state index in [1.54, 1.807) is 18.3 Å². The predicted molar refractivity (Wildman–Crippen MR) is 120 cm³/mol. The highest BCUT2D eigenvalue weighted by Gasteiger charge is 2.28. The minimum absolute atomic E-state index is 0.0995. The lowest BCUT2D eigenvalue weighted by Crippen LogP contribution is -2.34. The van der Waals surface area contributed by atoms with Gasteiger partial charge in [0.2, 0.25) is 11.8 Å².